The summed E-state index contributed by atoms with van der Waals surface area (Å²) in [6, 6.07) is 35.7. The van der Waals surface area contributed by atoms with Crippen LogP contribution in [0.4, 0.5) is 39.0 Å². The predicted molar refractivity (Wildman–Crippen MR) is 226 cm³/mol. The van der Waals surface area contributed by atoms with Crippen LogP contribution in [0.15, 0.2) is 121 Å². The molecule has 6 aromatic carbocycles. The highest BCUT2D eigenvalue weighted by molar-refractivity contribution is 5.97. The molecule has 16 heteroatoms. The van der Waals surface area contributed by atoms with Crippen LogP contribution in [0.2, 0.25) is 0 Å². The number of benzene rings is 6. The number of hydrogen-bond acceptors (Lipinski definition) is 8. The zero-order chi connectivity index (χ0) is 45.2. The van der Waals surface area contributed by atoms with Gasteiger partial charge >= 0.3 is 12.5 Å². The first-order valence-corrected chi connectivity index (χ1v) is 19.8. The molecule has 6 aromatic rings. The lowest BCUT2D eigenvalue weighted by atomic mass is 9.91. The summed E-state index contributed by atoms with van der Waals surface area (Å²) in [4.78, 5) is 34.2. The lowest BCUT2D eigenvalue weighted by molar-refractivity contribution is -0.286. The van der Waals surface area contributed by atoms with Crippen molar-refractivity contribution < 1.29 is 55.7 Å². The first-order chi connectivity index (χ1) is 30.6. The highest BCUT2D eigenvalue weighted by Crippen LogP contribution is 2.44. The van der Waals surface area contributed by atoms with Gasteiger partial charge in [0.05, 0.1) is 35.4 Å². The Bertz CT molecular complexity index is 2830. The van der Waals surface area contributed by atoms with Crippen molar-refractivity contribution in [2.45, 2.75) is 31.7 Å². The maximum Gasteiger partial charge on any atom is 0.586 e. The molecule has 64 heavy (non-hydrogen) atoms. The minimum absolute atomic E-state index is 0.00442. The van der Waals surface area contributed by atoms with Crippen LogP contribution in [-0.4, -0.2) is 42.3 Å². The Morgan fingerprint density at radius 2 is 1.16 bits per heavy atom. The number of alkyl halides is 5. The molecule has 1 unspecified atom stereocenters. The summed E-state index contributed by atoms with van der Waals surface area (Å²) in [5, 5.41) is 26.3. The van der Waals surface area contributed by atoms with E-state index in [1.165, 1.54) is 29.8 Å². The summed E-state index contributed by atoms with van der Waals surface area (Å²) >= 11 is 0. The molecule has 0 aliphatic carbocycles. The first-order valence-electron chi connectivity index (χ1n) is 19.8. The summed E-state index contributed by atoms with van der Waals surface area (Å²) in [6.07, 6.45) is -6.25. The number of anilines is 3. The molecule has 0 saturated carbocycles. The summed E-state index contributed by atoms with van der Waals surface area (Å²) in [6.45, 7) is -0.292. The molecule has 4 aliphatic heterocycles. The van der Waals surface area contributed by atoms with E-state index in [0.717, 1.165) is 52.1 Å². The van der Waals surface area contributed by atoms with Crippen LogP contribution in [0.5, 0.6) is 17.2 Å². The topological polar surface area (TPSA) is 159 Å². The smallest absolute Gasteiger partial charge is 0.482 e. The minimum Gasteiger partial charge on any atom is -0.482 e. The van der Waals surface area contributed by atoms with Crippen LogP contribution in [0.3, 0.4) is 0 Å². The molecular formula is C48H35F5N4O7. The number of ether oxygens (including phenoxy) is 3. The Hall–Kier alpha value is -7.77. The normalized spacial score (nSPS) is 16.3. The monoisotopic (exact) mass is 874 g/mol. The van der Waals surface area contributed by atoms with Gasteiger partial charge in [-0.25, -0.2) is 0 Å². The van der Waals surface area contributed by atoms with Gasteiger partial charge in [0.1, 0.15) is 5.75 Å². The second-order valence-corrected chi connectivity index (χ2v) is 15.0. The molecule has 324 valence electrons. The third-order valence-corrected chi connectivity index (χ3v) is 10.7. The second kappa shape index (κ2) is 17.5. The largest absolute Gasteiger partial charge is 0.586 e. The lowest BCUT2D eigenvalue weighted by Gasteiger charge is -2.23. The van der Waals surface area contributed by atoms with Crippen LogP contribution in [0.1, 0.15) is 28.7 Å². The number of amides is 3. The lowest BCUT2D eigenvalue weighted by Crippen LogP contribution is -2.32. The van der Waals surface area contributed by atoms with E-state index in [2.05, 4.69) is 37.6 Å². The molecule has 10 rings (SSSR count). The van der Waals surface area contributed by atoms with Gasteiger partial charge in [-0.15, -0.1) is 8.78 Å². The molecule has 0 radical (unpaired) electrons. The Balaban J connectivity index is 0.000000132. The van der Waals surface area contributed by atoms with Crippen LogP contribution < -0.4 is 30.2 Å². The zero-order valence-electron chi connectivity index (χ0n) is 33.4. The number of halogens is 5. The van der Waals surface area contributed by atoms with E-state index in [1.54, 1.807) is 36.4 Å². The van der Waals surface area contributed by atoms with E-state index >= 15 is 0 Å². The van der Waals surface area contributed by atoms with Crippen molar-refractivity contribution in [3.05, 3.63) is 144 Å². The molecule has 3 amide bonds. The highest BCUT2D eigenvalue weighted by Gasteiger charge is 2.43. The van der Waals surface area contributed by atoms with E-state index in [0.29, 0.717) is 46.7 Å². The van der Waals surface area contributed by atoms with E-state index in [1.807, 2.05) is 42.5 Å². The van der Waals surface area contributed by atoms with Crippen molar-refractivity contribution in [1.29, 1.82) is 5.26 Å². The number of aryl methyl sites for hydroxylation is 1. The molecule has 1 atom stereocenters. The number of rotatable bonds is 4. The molecule has 0 bridgehead atoms. The predicted octanol–water partition coefficient (Wildman–Crippen LogP) is 9.59. The molecule has 4 heterocycles. The Morgan fingerprint density at radius 3 is 1.80 bits per heavy atom. The number of fused-ring (bicyclic) bond motifs is 4. The van der Waals surface area contributed by atoms with Crippen LogP contribution in [0.25, 0.3) is 33.4 Å². The van der Waals surface area contributed by atoms with Crippen molar-refractivity contribution in [3.63, 3.8) is 0 Å². The zero-order valence-corrected chi connectivity index (χ0v) is 33.4. The Labute approximate surface area is 362 Å². The number of aliphatic hydroxyl groups is 1. The van der Waals surface area contributed by atoms with Gasteiger partial charge < -0.3 is 35.3 Å². The molecule has 0 aromatic heterocycles. The van der Waals surface area contributed by atoms with Gasteiger partial charge in [-0.05, 0) is 130 Å². The fourth-order valence-electron chi connectivity index (χ4n) is 7.34. The standard InChI is InChI=1S/C17H14F3NO2.C16H12N2O.C15H9F2NO4/c18-17(19,20)14-4-1-10(2-5-14)11-3-6-15-12(7-11)8-13(9-22)16(23)21-15;17-10-11-1-3-12(4-2-11)13-5-7-15-14(9-13)6-8-16(19)18-15;16-15(17)21-11-4-2-9(6-13(11)22-15)8-1-3-10-12(5-8)20-7-14(19)18-10/h1-7,13,22H,8-9H2,(H,21,23);1-5,7,9H,6,8H2,(H,18,19);1-6H,7H2,(H,18,19). The SMILES string of the molecule is N#Cc1ccc(-c2ccc3c(c2)CCC(=O)N3)cc1.O=C1COc2cc(-c3ccc4c(c3)OC(F)(F)O4)ccc2N1.O=C1Nc2ccc(-c3ccc(C(F)(F)F)cc3)cc2CC1CO. The summed E-state index contributed by atoms with van der Waals surface area (Å²) < 4.78 is 78.0. The van der Waals surface area contributed by atoms with Gasteiger partial charge in [-0.3, -0.25) is 14.4 Å². The van der Waals surface area contributed by atoms with Gasteiger partial charge in [0.2, 0.25) is 11.8 Å². The Kier molecular flexibility index (Phi) is 11.8. The quantitative estimate of drug-likeness (QED) is 0.128. The third-order valence-electron chi connectivity index (χ3n) is 10.7. The number of aliphatic hydroxyl groups excluding tert-OH is 1. The molecule has 0 fully saturated rings. The number of nitrogens with one attached hydrogen (secondary N) is 3. The van der Waals surface area contributed by atoms with E-state index in [4.69, 9.17) is 10.00 Å². The summed E-state index contributed by atoms with van der Waals surface area (Å²) in [5.41, 5.74) is 9.21. The average molecular weight is 875 g/mol. The molecule has 0 spiro atoms. The number of nitrogens with zero attached hydrogens (tertiary/aromatic N) is 1. The van der Waals surface area contributed by atoms with Gasteiger partial charge in [-0.1, -0.05) is 48.5 Å². The number of nitriles is 1. The number of carbonyl (C=O) groups excluding carboxylic acids is 3. The van der Waals surface area contributed by atoms with Crippen molar-refractivity contribution in [2.24, 2.45) is 5.92 Å². The van der Waals surface area contributed by atoms with Crippen LogP contribution in [0, 0.1) is 17.2 Å². The van der Waals surface area contributed by atoms with E-state index in [-0.39, 0.29) is 42.4 Å². The third kappa shape index (κ3) is 9.64. The van der Waals surface area contributed by atoms with E-state index < -0.39 is 24.0 Å². The summed E-state index contributed by atoms with van der Waals surface area (Å²) in [7, 11) is 0. The molecule has 4 aliphatic rings. The van der Waals surface area contributed by atoms with Crippen LogP contribution >= 0.6 is 0 Å². The van der Waals surface area contributed by atoms with Gasteiger partial charge in [0.15, 0.2) is 18.1 Å². The second-order valence-electron chi connectivity index (χ2n) is 15.0. The van der Waals surface area contributed by atoms with Crippen LogP contribution in [-0.2, 0) is 33.4 Å². The fourth-order valence-corrected chi connectivity index (χ4v) is 7.34. The van der Waals surface area contributed by atoms with Gasteiger partial charge in [0, 0.05) is 17.8 Å². The fraction of sp³-hybridized carbons (Fsp3) is 0.167. The summed E-state index contributed by atoms with van der Waals surface area (Å²) in [5.74, 6) is -0.346. The highest BCUT2D eigenvalue weighted by atomic mass is 19.4. The van der Waals surface area contributed by atoms with Gasteiger partial charge in [-0.2, -0.15) is 18.4 Å². The van der Waals surface area contributed by atoms with E-state index in [9.17, 15) is 41.4 Å². The number of carbonyl (C=O) groups is 3. The molecular weight excluding hydrogens is 840 g/mol. The molecule has 11 nitrogen and oxygen atoms in total. The van der Waals surface area contributed by atoms with Crippen molar-refractivity contribution in [1.82, 2.24) is 0 Å². The van der Waals surface area contributed by atoms with Crippen molar-refractivity contribution >= 4 is 34.8 Å². The van der Waals surface area contributed by atoms with Crippen molar-refractivity contribution in [3.8, 4) is 56.7 Å². The van der Waals surface area contributed by atoms with Gasteiger partial charge in [0.25, 0.3) is 5.91 Å². The average Bonchev–Trinajstić information content (AvgIpc) is 3.61. The Morgan fingerprint density at radius 1 is 0.625 bits per heavy atom. The van der Waals surface area contributed by atoms with Crippen molar-refractivity contribution in [2.75, 3.05) is 29.2 Å². The first kappa shape index (κ1) is 42.9. The maximum absolute atomic E-state index is 13.0. The molecule has 0 saturated heterocycles. The minimum atomic E-state index is -4.35. The maximum atomic E-state index is 13.0. The number of hydrogen-bond donors (Lipinski definition) is 4. The molecule has 4 N–H and O–H groups in total.